The lowest BCUT2D eigenvalue weighted by atomic mass is 10.1. The van der Waals surface area contributed by atoms with Crippen molar-refractivity contribution in [2.45, 2.75) is 45.2 Å². The van der Waals surface area contributed by atoms with Gasteiger partial charge in [0, 0.05) is 18.1 Å². The van der Waals surface area contributed by atoms with Crippen molar-refractivity contribution in [2.24, 2.45) is 5.92 Å². The molecule has 40 heavy (non-hydrogen) atoms. The van der Waals surface area contributed by atoms with Gasteiger partial charge >= 0.3 is 0 Å². The number of sulfonamides is 1. The molecule has 3 aromatic carbocycles. The van der Waals surface area contributed by atoms with Gasteiger partial charge in [-0.25, -0.2) is 8.42 Å². The highest BCUT2D eigenvalue weighted by molar-refractivity contribution is 7.92. The van der Waals surface area contributed by atoms with Crippen molar-refractivity contribution in [3.05, 3.63) is 92.9 Å². The van der Waals surface area contributed by atoms with E-state index in [2.05, 4.69) is 5.32 Å². The van der Waals surface area contributed by atoms with Gasteiger partial charge in [0.25, 0.3) is 10.0 Å². The van der Waals surface area contributed by atoms with Crippen molar-refractivity contribution in [2.75, 3.05) is 17.4 Å². The molecule has 1 N–H and O–H groups in total. The van der Waals surface area contributed by atoms with Gasteiger partial charge < -0.3 is 10.2 Å². The predicted molar refractivity (Wildman–Crippen MR) is 161 cm³/mol. The number of halogens is 3. The average molecular weight is 625 g/mol. The molecule has 0 saturated heterocycles. The summed E-state index contributed by atoms with van der Waals surface area (Å²) in [5.41, 5.74) is 1.72. The molecule has 0 aliphatic carbocycles. The van der Waals surface area contributed by atoms with Crippen LogP contribution in [0.4, 0.5) is 5.69 Å². The first kappa shape index (κ1) is 31.7. The van der Waals surface area contributed by atoms with Gasteiger partial charge in [0.2, 0.25) is 11.8 Å². The molecule has 214 valence electrons. The second-order valence-electron chi connectivity index (χ2n) is 9.89. The van der Waals surface area contributed by atoms with Gasteiger partial charge in [0.05, 0.1) is 20.6 Å². The molecule has 0 aliphatic heterocycles. The van der Waals surface area contributed by atoms with E-state index in [1.807, 2.05) is 20.8 Å². The Morgan fingerprint density at radius 3 is 2.17 bits per heavy atom. The maximum atomic E-state index is 13.9. The molecule has 0 spiro atoms. The minimum Gasteiger partial charge on any atom is -0.354 e. The largest absolute Gasteiger partial charge is 0.354 e. The molecule has 0 radical (unpaired) electrons. The Bertz CT molecular complexity index is 1460. The number of carbonyl (C=O) groups is 2. The maximum absolute atomic E-state index is 13.9. The number of nitrogens with zero attached hydrogens (tertiary/aromatic N) is 2. The molecule has 0 fully saturated rings. The number of anilines is 1. The zero-order valence-electron chi connectivity index (χ0n) is 22.7. The van der Waals surface area contributed by atoms with E-state index in [9.17, 15) is 18.0 Å². The Morgan fingerprint density at radius 2 is 1.57 bits per heavy atom. The molecule has 3 aromatic rings. The second kappa shape index (κ2) is 13.7. The van der Waals surface area contributed by atoms with Gasteiger partial charge in [-0.3, -0.25) is 13.9 Å². The smallest absolute Gasteiger partial charge is 0.264 e. The van der Waals surface area contributed by atoms with Crippen molar-refractivity contribution in [3.63, 3.8) is 0 Å². The molecule has 2 amide bonds. The number of carbonyl (C=O) groups excluding carboxylic acids is 2. The van der Waals surface area contributed by atoms with Gasteiger partial charge in [0.1, 0.15) is 12.6 Å². The first-order valence-electron chi connectivity index (χ1n) is 12.7. The molecular formula is C29H32Cl3N3O4S. The Labute approximate surface area is 251 Å². The Morgan fingerprint density at radius 1 is 0.900 bits per heavy atom. The fraction of sp³-hybridized carbons (Fsp3) is 0.310. The van der Waals surface area contributed by atoms with Gasteiger partial charge in [-0.05, 0) is 67.8 Å². The summed E-state index contributed by atoms with van der Waals surface area (Å²) in [6.45, 7) is 7.26. The summed E-state index contributed by atoms with van der Waals surface area (Å²) in [4.78, 5) is 28.3. The van der Waals surface area contributed by atoms with Crippen molar-refractivity contribution < 1.29 is 18.0 Å². The van der Waals surface area contributed by atoms with E-state index in [4.69, 9.17) is 34.8 Å². The van der Waals surface area contributed by atoms with E-state index in [1.54, 1.807) is 43.3 Å². The van der Waals surface area contributed by atoms with E-state index >= 15 is 0 Å². The van der Waals surface area contributed by atoms with Crippen LogP contribution in [0.15, 0.2) is 71.6 Å². The third-order valence-electron chi connectivity index (χ3n) is 6.17. The van der Waals surface area contributed by atoms with Crippen molar-refractivity contribution in [3.8, 4) is 0 Å². The number of rotatable bonds is 11. The first-order chi connectivity index (χ1) is 18.8. The Hall–Kier alpha value is -2.78. The maximum Gasteiger partial charge on any atom is 0.264 e. The summed E-state index contributed by atoms with van der Waals surface area (Å²) in [5.74, 6) is -0.737. The quantitative estimate of drug-likeness (QED) is 0.270. The molecule has 3 rings (SSSR count). The molecule has 1 atom stereocenters. The van der Waals surface area contributed by atoms with Crippen LogP contribution in [0.25, 0.3) is 0 Å². The van der Waals surface area contributed by atoms with E-state index < -0.39 is 28.5 Å². The Kier molecular flexibility index (Phi) is 10.9. The molecule has 0 aromatic heterocycles. The topological polar surface area (TPSA) is 86.8 Å². The van der Waals surface area contributed by atoms with Crippen molar-refractivity contribution in [1.82, 2.24) is 10.2 Å². The van der Waals surface area contributed by atoms with Crippen LogP contribution in [0.5, 0.6) is 0 Å². The number of amides is 2. The monoisotopic (exact) mass is 623 g/mol. The van der Waals surface area contributed by atoms with E-state index in [0.717, 1.165) is 9.87 Å². The van der Waals surface area contributed by atoms with E-state index in [-0.39, 0.29) is 39.0 Å². The molecule has 0 bridgehead atoms. The number of hydrogen-bond donors (Lipinski definition) is 1. The van der Waals surface area contributed by atoms with Crippen LogP contribution in [-0.2, 0) is 26.2 Å². The van der Waals surface area contributed by atoms with Crippen molar-refractivity contribution >= 4 is 62.3 Å². The van der Waals surface area contributed by atoms with E-state index in [0.29, 0.717) is 17.1 Å². The molecule has 7 nitrogen and oxygen atoms in total. The fourth-order valence-electron chi connectivity index (χ4n) is 3.87. The minimum absolute atomic E-state index is 0.00101. The van der Waals surface area contributed by atoms with Crippen LogP contribution in [0.3, 0.4) is 0 Å². The van der Waals surface area contributed by atoms with Crippen LogP contribution in [0, 0.1) is 12.8 Å². The highest BCUT2D eigenvalue weighted by Crippen LogP contribution is 2.31. The summed E-state index contributed by atoms with van der Waals surface area (Å²) in [6.07, 6.45) is 0. The van der Waals surface area contributed by atoms with Gasteiger partial charge in [-0.2, -0.15) is 0 Å². The summed E-state index contributed by atoms with van der Waals surface area (Å²) >= 11 is 18.5. The zero-order chi connectivity index (χ0) is 29.6. The summed E-state index contributed by atoms with van der Waals surface area (Å²) in [6, 6.07) is 16.7. The molecular weight excluding hydrogens is 593 g/mol. The van der Waals surface area contributed by atoms with Gasteiger partial charge in [-0.1, -0.05) is 78.5 Å². The summed E-state index contributed by atoms with van der Waals surface area (Å²) in [7, 11) is -4.21. The second-order valence-corrected chi connectivity index (χ2v) is 13.0. The predicted octanol–water partition coefficient (Wildman–Crippen LogP) is 6.34. The van der Waals surface area contributed by atoms with Gasteiger partial charge in [0.15, 0.2) is 0 Å². The summed E-state index contributed by atoms with van der Waals surface area (Å²) in [5, 5.41) is 3.70. The minimum atomic E-state index is -4.21. The normalized spacial score (nSPS) is 12.2. The first-order valence-corrected chi connectivity index (χ1v) is 15.2. The SMILES string of the molecule is Cc1ccc(S(=O)(=O)N(CC(=O)N(Cc2cccc(Cl)c2)C(C)C(=O)NCC(C)C)c2ccc(Cl)c(Cl)c2)cc1. The standard InChI is InChI=1S/C29H32Cl3N3O4S/c1-19(2)16-33-29(37)21(4)34(17-22-6-5-7-23(30)14-22)28(36)18-35(24-10-13-26(31)27(32)15-24)40(38,39)25-11-8-20(3)9-12-25/h5-15,19,21H,16-18H2,1-4H3,(H,33,37). The van der Waals surface area contributed by atoms with Crippen LogP contribution >= 0.6 is 34.8 Å². The lowest BCUT2D eigenvalue weighted by molar-refractivity contribution is -0.139. The summed E-state index contributed by atoms with van der Waals surface area (Å²) < 4.78 is 28.7. The molecule has 1 unspecified atom stereocenters. The van der Waals surface area contributed by atoms with Crippen LogP contribution < -0.4 is 9.62 Å². The van der Waals surface area contributed by atoms with Gasteiger partial charge in [-0.15, -0.1) is 0 Å². The highest BCUT2D eigenvalue weighted by Gasteiger charge is 2.32. The number of hydrogen-bond acceptors (Lipinski definition) is 4. The highest BCUT2D eigenvalue weighted by atomic mass is 35.5. The molecule has 0 aliphatic rings. The third kappa shape index (κ3) is 8.13. The van der Waals surface area contributed by atoms with Crippen molar-refractivity contribution in [1.29, 1.82) is 0 Å². The molecule has 0 heterocycles. The van der Waals surface area contributed by atoms with Crippen LogP contribution in [0.2, 0.25) is 15.1 Å². The molecule has 0 saturated carbocycles. The lowest BCUT2D eigenvalue weighted by Gasteiger charge is -2.32. The molecule has 11 heteroatoms. The average Bonchev–Trinajstić information content (AvgIpc) is 2.90. The fourth-order valence-corrected chi connectivity index (χ4v) is 5.78. The zero-order valence-corrected chi connectivity index (χ0v) is 25.8. The number of aryl methyl sites for hydroxylation is 1. The third-order valence-corrected chi connectivity index (χ3v) is 8.94. The van der Waals surface area contributed by atoms with Crippen LogP contribution in [-0.4, -0.2) is 44.3 Å². The van der Waals surface area contributed by atoms with Crippen LogP contribution in [0.1, 0.15) is 31.9 Å². The lowest BCUT2D eigenvalue weighted by Crippen LogP contribution is -2.51. The number of benzene rings is 3. The number of nitrogens with one attached hydrogen (secondary N) is 1. The van der Waals surface area contributed by atoms with E-state index in [1.165, 1.54) is 35.2 Å². The Balaban J connectivity index is 2.04.